The van der Waals surface area contributed by atoms with Gasteiger partial charge in [-0.25, -0.2) is 0 Å². The summed E-state index contributed by atoms with van der Waals surface area (Å²) in [6.45, 7) is 4.67. The highest BCUT2D eigenvalue weighted by Crippen LogP contribution is 2.48. The molecule has 0 bridgehead atoms. The first-order valence-corrected chi connectivity index (χ1v) is 4.52. The lowest BCUT2D eigenvalue weighted by atomic mass is 9.78. The van der Waals surface area contributed by atoms with Crippen molar-refractivity contribution in [3.63, 3.8) is 0 Å². The molecule has 1 fully saturated rings. The quantitative estimate of drug-likeness (QED) is 0.486. The van der Waals surface area contributed by atoms with Crippen molar-refractivity contribution < 1.29 is 0 Å². The van der Waals surface area contributed by atoms with Gasteiger partial charge in [0, 0.05) is 0 Å². The van der Waals surface area contributed by atoms with Gasteiger partial charge >= 0.3 is 0 Å². The van der Waals surface area contributed by atoms with Crippen LogP contribution in [0.4, 0.5) is 0 Å². The topological polar surface area (TPSA) is 0 Å². The highest BCUT2D eigenvalue weighted by Gasteiger charge is 2.36. The summed E-state index contributed by atoms with van der Waals surface area (Å²) < 4.78 is 0. The molecule has 0 aromatic heterocycles. The first-order chi connectivity index (χ1) is 4.81. The number of hydrogen-bond acceptors (Lipinski definition) is 0. The fourth-order valence-electron chi connectivity index (χ4n) is 2.47. The van der Waals surface area contributed by atoms with Crippen molar-refractivity contribution in [3.05, 3.63) is 11.6 Å². The van der Waals surface area contributed by atoms with Crippen LogP contribution in [-0.4, -0.2) is 0 Å². The van der Waals surface area contributed by atoms with E-state index in [0.717, 1.165) is 17.8 Å². The number of fused-ring (bicyclic) bond motifs is 1. The molecular formula is C10H16. The van der Waals surface area contributed by atoms with Crippen LogP contribution in [-0.2, 0) is 0 Å². The Morgan fingerprint density at radius 3 is 2.90 bits per heavy atom. The molecule has 2 rings (SSSR count). The minimum absolute atomic E-state index is 0.909. The standard InChI is InChI=1S/C10H16/c1-3-8-5-9-4-7(2)10(9)6-8/h4,7-8,10H,3,5-6H2,1-2H3/t7-,8?,10?/m0/s1. The number of allylic oxidation sites excluding steroid dienone is 2. The Kier molecular flexibility index (Phi) is 1.36. The van der Waals surface area contributed by atoms with E-state index in [0.29, 0.717) is 0 Å². The molecule has 0 aliphatic heterocycles. The number of rotatable bonds is 1. The van der Waals surface area contributed by atoms with E-state index < -0.39 is 0 Å². The van der Waals surface area contributed by atoms with E-state index in [2.05, 4.69) is 19.9 Å². The van der Waals surface area contributed by atoms with Gasteiger partial charge in [0.2, 0.25) is 0 Å². The van der Waals surface area contributed by atoms with Crippen LogP contribution >= 0.6 is 0 Å². The Labute approximate surface area is 63.3 Å². The van der Waals surface area contributed by atoms with Gasteiger partial charge in [-0.3, -0.25) is 0 Å². The van der Waals surface area contributed by atoms with E-state index in [9.17, 15) is 0 Å². The molecular weight excluding hydrogens is 120 g/mol. The van der Waals surface area contributed by atoms with Gasteiger partial charge < -0.3 is 0 Å². The zero-order chi connectivity index (χ0) is 7.14. The maximum absolute atomic E-state index is 2.47. The Bertz CT molecular complexity index is 167. The summed E-state index contributed by atoms with van der Waals surface area (Å²) in [7, 11) is 0. The summed E-state index contributed by atoms with van der Waals surface area (Å²) in [6, 6.07) is 0. The normalized spacial score (nSPS) is 44.2. The Balaban J connectivity index is 2.04. The highest BCUT2D eigenvalue weighted by molar-refractivity contribution is 5.25. The molecule has 3 atom stereocenters. The SMILES string of the molecule is CCC1CC2=C[C@H](C)C2C1. The first kappa shape index (κ1) is 6.45. The summed E-state index contributed by atoms with van der Waals surface area (Å²) in [5.74, 6) is 2.94. The molecule has 0 aromatic carbocycles. The van der Waals surface area contributed by atoms with Crippen LogP contribution in [0.3, 0.4) is 0 Å². The van der Waals surface area contributed by atoms with Gasteiger partial charge in [0.05, 0.1) is 0 Å². The minimum Gasteiger partial charge on any atom is -0.0816 e. The van der Waals surface area contributed by atoms with Crippen LogP contribution in [0.5, 0.6) is 0 Å². The van der Waals surface area contributed by atoms with Crippen molar-refractivity contribution in [2.75, 3.05) is 0 Å². The average Bonchev–Trinajstić information content (AvgIpc) is 2.26. The lowest BCUT2D eigenvalue weighted by molar-refractivity contribution is 0.405. The summed E-state index contributed by atoms with van der Waals surface area (Å²) in [5, 5.41) is 0. The molecule has 1 saturated carbocycles. The van der Waals surface area contributed by atoms with Crippen molar-refractivity contribution in [2.45, 2.75) is 33.1 Å². The molecule has 0 heterocycles. The Morgan fingerprint density at radius 2 is 2.40 bits per heavy atom. The summed E-state index contributed by atoms with van der Waals surface area (Å²) in [5.41, 5.74) is 1.78. The Hall–Kier alpha value is -0.260. The maximum Gasteiger partial charge on any atom is -0.0140 e. The van der Waals surface area contributed by atoms with E-state index in [-0.39, 0.29) is 0 Å². The smallest absolute Gasteiger partial charge is 0.0140 e. The average molecular weight is 136 g/mol. The van der Waals surface area contributed by atoms with Crippen LogP contribution in [0.25, 0.3) is 0 Å². The lowest BCUT2D eigenvalue weighted by Gasteiger charge is -2.27. The predicted molar refractivity (Wildman–Crippen MR) is 43.8 cm³/mol. The van der Waals surface area contributed by atoms with E-state index in [1.54, 1.807) is 5.57 Å². The van der Waals surface area contributed by atoms with E-state index in [1.807, 2.05) is 0 Å². The van der Waals surface area contributed by atoms with Crippen LogP contribution in [0.15, 0.2) is 11.6 Å². The third kappa shape index (κ3) is 0.744. The van der Waals surface area contributed by atoms with Gasteiger partial charge in [0.15, 0.2) is 0 Å². The summed E-state index contributed by atoms with van der Waals surface area (Å²) in [6.07, 6.45) is 6.77. The fourth-order valence-corrected chi connectivity index (χ4v) is 2.47. The molecule has 0 radical (unpaired) electrons. The van der Waals surface area contributed by atoms with Crippen molar-refractivity contribution in [1.82, 2.24) is 0 Å². The molecule has 10 heavy (non-hydrogen) atoms. The van der Waals surface area contributed by atoms with Crippen LogP contribution in [0.1, 0.15) is 33.1 Å². The molecule has 2 aliphatic rings. The summed E-state index contributed by atoms with van der Waals surface area (Å²) >= 11 is 0. The van der Waals surface area contributed by atoms with Crippen LogP contribution < -0.4 is 0 Å². The zero-order valence-corrected chi connectivity index (χ0v) is 6.93. The second-order valence-corrected chi connectivity index (χ2v) is 3.92. The van der Waals surface area contributed by atoms with Gasteiger partial charge in [-0.05, 0) is 30.6 Å². The van der Waals surface area contributed by atoms with Gasteiger partial charge in [-0.1, -0.05) is 31.9 Å². The lowest BCUT2D eigenvalue weighted by Crippen LogP contribution is -2.16. The van der Waals surface area contributed by atoms with Crippen molar-refractivity contribution in [1.29, 1.82) is 0 Å². The molecule has 0 spiro atoms. The fraction of sp³-hybridized carbons (Fsp3) is 0.800. The number of hydrogen-bond donors (Lipinski definition) is 0. The first-order valence-electron chi connectivity index (χ1n) is 4.52. The highest BCUT2D eigenvalue weighted by atomic mass is 14.4. The predicted octanol–water partition coefficient (Wildman–Crippen LogP) is 3.00. The third-order valence-electron chi connectivity index (χ3n) is 3.28. The molecule has 0 N–H and O–H groups in total. The Morgan fingerprint density at radius 1 is 1.60 bits per heavy atom. The van der Waals surface area contributed by atoms with Crippen molar-refractivity contribution >= 4 is 0 Å². The van der Waals surface area contributed by atoms with Gasteiger partial charge in [-0.2, -0.15) is 0 Å². The zero-order valence-electron chi connectivity index (χ0n) is 6.93. The molecule has 2 aliphatic carbocycles. The van der Waals surface area contributed by atoms with Gasteiger partial charge in [0.1, 0.15) is 0 Å². The van der Waals surface area contributed by atoms with Crippen molar-refractivity contribution in [3.8, 4) is 0 Å². The molecule has 0 saturated heterocycles. The van der Waals surface area contributed by atoms with Gasteiger partial charge in [-0.15, -0.1) is 0 Å². The molecule has 0 amide bonds. The van der Waals surface area contributed by atoms with E-state index >= 15 is 0 Å². The van der Waals surface area contributed by atoms with E-state index in [4.69, 9.17) is 0 Å². The van der Waals surface area contributed by atoms with Crippen molar-refractivity contribution in [2.24, 2.45) is 17.8 Å². The van der Waals surface area contributed by atoms with E-state index in [1.165, 1.54) is 19.3 Å². The van der Waals surface area contributed by atoms with Crippen LogP contribution in [0, 0.1) is 17.8 Å². The molecule has 56 valence electrons. The molecule has 0 nitrogen and oxygen atoms in total. The molecule has 0 heteroatoms. The second-order valence-electron chi connectivity index (χ2n) is 3.92. The van der Waals surface area contributed by atoms with Crippen LogP contribution in [0.2, 0.25) is 0 Å². The molecule has 0 aromatic rings. The molecule has 2 unspecified atom stereocenters. The second kappa shape index (κ2) is 2.11. The minimum atomic E-state index is 0.909. The maximum atomic E-state index is 2.47. The monoisotopic (exact) mass is 136 g/mol. The largest absolute Gasteiger partial charge is 0.0816 e. The van der Waals surface area contributed by atoms with Gasteiger partial charge in [0.25, 0.3) is 0 Å². The third-order valence-corrected chi connectivity index (χ3v) is 3.28. The summed E-state index contributed by atoms with van der Waals surface area (Å²) in [4.78, 5) is 0.